The summed E-state index contributed by atoms with van der Waals surface area (Å²) in [5.74, 6) is -1.28. The molecule has 0 fully saturated rings. The Morgan fingerprint density at radius 3 is 2.48 bits per heavy atom. The van der Waals surface area contributed by atoms with Gasteiger partial charge in [0.1, 0.15) is 11.5 Å². The van der Waals surface area contributed by atoms with Crippen molar-refractivity contribution in [3.8, 4) is 0 Å². The van der Waals surface area contributed by atoms with E-state index in [0.29, 0.717) is 23.5 Å². The van der Waals surface area contributed by atoms with Crippen LogP contribution in [0.4, 0.5) is 5.69 Å². The summed E-state index contributed by atoms with van der Waals surface area (Å²) in [6, 6.07) is 10.5. The summed E-state index contributed by atoms with van der Waals surface area (Å²) in [5, 5.41) is 0. The van der Waals surface area contributed by atoms with Crippen molar-refractivity contribution >= 4 is 34.8 Å². The second-order valence-corrected chi connectivity index (χ2v) is 5.74. The predicted octanol–water partition coefficient (Wildman–Crippen LogP) is 2.67. The zero-order valence-electron chi connectivity index (χ0n) is 15.2. The van der Waals surface area contributed by atoms with Crippen molar-refractivity contribution in [2.24, 2.45) is 0 Å². The van der Waals surface area contributed by atoms with Crippen molar-refractivity contribution in [2.45, 2.75) is 13.8 Å². The minimum absolute atomic E-state index is 0.00854. The molecule has 7 heteroatoms. The topological polar surface area (TPSA) is 85.8 Å². The van der Waals surface area contributed by atoms with Crippen LogP contribution in [0.1, 0.15) is 35.5 Å². The van der Waals surface area contributed by atoms with Crippen molar-refractivity contribution in [2.75, 3.05) is 18.6 Å². The fraction of sp³-hybridized carbons (Fsp3) is 0.200. The fourth-order valence-electron chi connectivity index (χ4n) is 2.94. The highest BCUT2D eigenvalue weighted by molar-refractivity contribution is 6.42. The molecule has 3 rings (SSSR count). The number of benzene rings is 1. The highest BCUT2D eigenvalue weighted by Crippen LogP contribution is 2.41. The van der Waals surface area contributed by atoms with Gasteiger partial charge in [-0.3, -0.25) is 9.59 Å². The summed E-state index contributed by atoms with van der Waals surface area (Å²) in [6.45, 7) is 3.43. The number of carbonyl (C=O) groups excluding carboxylic acids is 3. The highest BCUT2D eigenvalue weighted by atomic mass is 16.5. The Bertz CT molecular complexity index is 950. The number of hydrogen-bond donors (Lipinski definition) is 0. The van der Waals surface area contributed by atoms with Crippen LogP contribution < -0.4 is 4.90 Å². The maximum atomic E-state index is 13.1. The number of hydrogen-bond acceptors (Lipinski definition) is 6. The lowest BCUT2D eigenvalue weighted by Crippen LogP contribution is -2.31. The molecule has 0 saturated heterocycles. The van der Waals surface area contributed by atoms with Crippen LogP contribution in [0, 0.1) is 0 Å². The lowest BCUT2D eigenvalue weighted by atomic mass is 10.0. The normalized spacial score (nSPS) is 14.6. The number of anilines is 1. The second-order valence-electron chi connectivity index (χ2n) is 5.74. The van der Waals surface area contributed by atoms with Crippen molar-refractivity contribution < 1.29 is 23.9 Å². The second kappa shape index (κ2) is 7.41. The van der Waals surface area contributed by atoms with Gasteiger partial charge in [0.25, 0.3) is 5.91 Å². The van der Waals surface area contributed by atoms with Crippen LogP contribution >= 0.6 is 0 Å². The number of ether oxygens (including phenoxy) is 2. The molecule has 0 saturated carbocycles. The fourth-order valence-corrected chi connectivity index (χ4v) is 2.94. The minimum Gasteiger partial charge on any atom is -0.492 e. The summed E-state index contributed by atoms with van der Waals surface area (Å²) >= 11 is 0. The van der Waals surface area contributed by atoms with E-state index in [0.717, 1.165) is 4.90 Å². The van der Waals surface area contributed by atoms with Crippen LogP contribution in [-0.2, 0) is 19.1 Å². The van der Waals surface area contributed by atoms with Gasteiger partial charge in [-0.2, -0.15) is 0 Å². The van der Waals surface area contributed by atoms with E-state index in [-0.39, 0.29) is 17.0 Å². The molecule has 138 valence electrons. The van der Waals surface area contributed by atoms with Gasteiger partial charge in [0.15, 0.2) is 0 Å². The molecule has 2 amide bonds. The lowest BCUT2D eigenvalue weighted by molar-refractivity contribution is -0.122. The lowest BCUT2D eigenvalue weighted by Gasteiger charge is -2.13. The third-order valence-corrected chi connectivity index (χ3v) is 4.07. The number of imide groups is 1. The van der Waals surface area contributed by atoms with Crippen LogP contribution in [0.5, 0.6) is 0 Å². The number of methoxy groups -OCH3 is 1. The minimum atomic E-state index is -0.653. The highest BCUT2D eigenvalue weighted by Gasteiger charge is 2.39. The first-order valence-corrected chi connectivity index (χ1v) is 8.35. The first-order valence-electron chi connectivity index (χ1n) is 8.35. The molecule has 0 radical (unpaired) electrons. The first kappa shape index (κ1) is 18.3. The molecule has 27 heavy (non-hydrogen) atoms. The van der Waals surface area contributed by atoms with Crippen LogP contribution in [-0.4, -0.2) is 36.5 Å². The molecular weight excluding hydrogens is 348 g/mol. The number of carbonyl (C=O) groups is 3. The van der Waals surface area contributed by atoms with Gasteiger partial charge in [-0.15, -0.1) is 0 Å². The third kappa shape index (κ3) is 3.19. The molecule has 2 aromatic rings. The number of fused-ring (bicyclic) bond motifs is 1. The largest absolute Gasteiger partial charge is 0.492 e. The molecule has 0 atom stereocenters. The van der Waals surface area contributed by atoms with Crippen LogP contribution in [0.2, 0.25) is 0 Å². The molecule has 1 aromatic carbocycles. The molecule has 0 aliphatic carbocycles. The zero-order chi connectivity index (χ0) is 19.6. The Labute approximate surface area is 156 Å². The van der Waals surface area contributed by atoms with Crippen LogP contribution in [0.15, 0.2) is 42.6 Å². The maximum Gasteiger partial charge on any atom is 0.356 e. The molecule has 2 heterocycles. The van der Waals surface area contributed by atoms with E-state index in [4.69, 9.17) is 4.74 Å². The van der Waals surface area contributed by atoms with E-state index in [9.17, 15) is 14.4 Å². The van der Waals surface area contributed by atoms with Gasteiger partial charge in [0.2, 0.25) is 5.91 Å². The molecule has 7 nitrogen and oxygen atoms in total. The number of nitrogens with zero attached hydrogens (tertiary/aromatic N) is 2. The Hall–Kier alpha value is -3.48. The maximum absolute atomic E-state index is 13.1. The summed E-state index contributed by atoms with van der Waals surface area (Å²) in [4.78, 5) is 42.1. The molecule has 0 spiro atoms. The average Bonchev–Trinajstić information content (AvgIpc) is 2.97. The number of amides is 2. The Balaban J connectivity index is 2.28. The van der Waals surface area contributed by atoms with E-state index in [2.05, 4.69) is 9.72 Å². The molecule has 0 bridgehead atoms. The Morgan fingerprint density at radius 2 is 1.89 bits per heavy atom. The molecule has 1 aliphatic rings. The zero-order valence-corrected chi connectivity index (χ0v) is 15.2. The van der Waals surface area contributed by atoms with E-state index < -0.39 is 17.8 Å². The Kier molecular flexibility index (Phi) is 5.03. The van der Waals surface area contributed by atoms with Crippen molar-refractivity contribution in [3.63, 3.8) is 0 Å². The van der Waals surface area contributed by atoms with Crippen LogP contribution in [0.25, 0.3) is 11.3 Å². The van der Waals surface area contributed by atoms with Gasteiger partial charge < -0.3 is 9.47 Å². The quantitative estimate of drug-likeness (QED) is 0.470. The average molecular weight is 366 g/mol. The number of aromatic nitrogens is 1. The summed E-state index contributed by atoms with van der Waals surface area (Å²) in [7, 11) is 1.24. The van der Waals surface area contributed by atoms with E-state index in [1.165, 1.54) is 26.3 Å². The third-order valence-electron chi connectivity index (χ3n) is 4.07. The van der Waals surface area contributed by atoms with Gasteiger partial charge in [0, 0.05) is 24.2 Å². The predicted molar refractivity (Wildman–Crippen MR) is 98.6 cm³/mol. The molecule has 1 aliphatic heterocycles. The van der Waals surface area contributed by atoms with Gasteiger partial charge in [-0.05, 0) is 13.0 Å². The van der Waals surface area contributed by atoms with E-state index in [1.54, 1.807) is 0 Å². The number of pyridine rings is 1. The summed E-state index contributed by atoms with van der Waals surface area (Å²) < 4.78 is 10.4. The summed E-state index contributed by atoms with van der Waals surface area (Å²) in [6.07, 6.45) is 1.39. The van der Waals surface area contributed by atoms with Crippen molar-refractivity contribution in [3.05, 3.63) is 59.4 Å². The standard InChI is InChI=1S/C20H18N2O5/c1-4-27-18(13-8-6-5-7-9-13)17-14-11-21-15(20(25)26-3)10-16(14)22(12(2)23)19(17)24/h5-11H,4H2,1-3H3. The molecule has 1 aromatic heterocycles. The number of esters is 1. The SMILES string of the molecule is CCOC(=C1C(=O)N(C(C)=O)c2cc(C(=O)OC)ncc21)c1ccccc1. The van der Waals surface area contributed by atoms with E-state index in [1.807, 2.05) is 37.3 Å². The van der Waals surface area contributed by atoms with Gasteiger partial charge in [0.05, 0.1) is 25.0 Å². The monoisotopic (exact) mass is 366 g/mol. The van der Waals surface area contributed by atoms with Crippen molar-refractivity contribution in [1.82, 2.24) is 4.98 Å². The van der Waals surface area contributed by atoms with E-state index >= 15 is 0 Å². The van der Waals surface area contributed by atoms with Gasteiger partial charge in [-0.1, -0.05) is 30.3 Å². The smallest absolute Gasteiger partial charge is 0.356 e. The van der Waals surface area contributed by atoms with Gasteiger partial charge in [-0.25, -0.2) is 14.7 Å². The molecular formula is C20H18N2O5. The van der Waals surface area contributed by atoms with Crippen LogP contribution in [0.3, 0.4) is 0 Å². The molecule has 0 N–H and O–H groups in total. The Morgan fingerprint density at radius 1 is 1.19 bits per heavy atom. The summed E-state index contributed by atoms with van der Waals surface area (Å²) in [5.41, 5.74) is 1.66. The van der Waals surface area contributed by atoms with Gasteiger partial charge >= 0.3 is 5.97 Å². The molecule has 0 unspecified atom stereocenters. The van der Waals surface area contributed by atoms with Crippen molar-refractivity contribution in [1.29, 1.82) is 0 Å². The first-order chi connectivity index (χ1) is 13.0. The number of rotatable bonds is 4.